The second-order valence-corrected chi connectivity index (χ2v) is 8.00. The van der Waals surface area contributed by atoms with Crippen LogP contribution in [0, 0.1) is 5.92 Å². The van der Waals surface area contributed by atoms with E-state index in [0.717, 1.165) is 37.5 Å². The Morgan fingerprint density at radius 3 is 2.43 bits per heavy atom. The van der Waals surface area contributed by atoms with E-state index >= 15 is 0 Å². The van der Waals surface area contributed by atoms with Gasteiger partial charge in [0.15, 0.2) is 0 Å². The van der Waals surface area contributed by atoms with Crippen molar-refractivity contribution in [3.63, 3.8) is 0 Å². The minimum absolute atomic E-state index is 0.300. The van der Waals surface area contributed by atoms with Crippen molar-refractivity contribution in [2.24, 2.45) is 5.92 Å². The molecule has 2 rings (SSSR count). The lowest BCUT2D eigenvalue weighted by Crippen LogP contribution is -2.34. The van der Waals surface area contributed by atoms with Crippen LogP contribution in [0.4, 0.5) is 11.4 Å². The number of anilines is 2. The van der Waals surface area contributed by atoms with Gasteiger partial charge in [0.2, 0.25) is 10.0 Å². The van der Waals surface area contributed by atoms with E-state index in [1.165, 1.54) is 24.8 Å². The molecular formula is C15H25N3O2S. The van der Waals surface area contributed by atoms with E-state index in [-0.39, 0.29) is 0 Å². The molecule has 0 bridgehead atoms. The highest BCUT2D eigenvalue weighted by molar-refractivity contribution is 7.89. The smallest absolute Gasteiger partial charge is 0.242 e. The Kier molecular flexibility index (Phi) is 4.78. The average molecular weight is 311 g/mol. The summed E-state index contributed by atoms with van der Waals surface area (Å²) in [4.78, 5) is 2.50. The number of piperidine rings is 1. The Morgan fingerprint density at radius 2 is 1.90 bits per heavy atom. The molecule has 1 heterocycles. The van der Waals surface area contributed by atoms with Crippen LogP contribution in [0.15, 0.2) is 23.1 Å². The number of nitrogens with two attached hydrogens (primary N) is 1. The third-order valence-corrected chi connectivity index (χ3v) is 6.12. The van der Waals surface area contributed by atoms with E-state index in [4.69, 9.17) is 5.73 Å². The summed E-state index contributed by atoms with van der Waals surface area (Å²) < 4.78 is 25.7. The van der Waals surface area contributed by atoms with Gasteiger partial charge < -0.3 is 10.6 Å². The zero-order valence-electron chi connectivity index (χ0n) is 13.0. The Labute approximate surface area is 127 Å². The first-order valence-corrected chi connectivity index (χ1v) is 8.87. The molecular weight excluding hydrogens is 286 g/mol. The van der Waals surface area contributed by atoms with Gasteiger partial charge in [0.1, 0.15) is 0 Å². The zero-order chi connectivity index (χ0) is 15.6. The largest absolute Gasteiger partial charge is 0.397 e. The molecule has 1 saturated heterocycles. The fourth-order valence-corrected chi connectivity index (χ4v) is 3.67. The first-order valence-electron chi connectivity index (χ1n) is 7.43. The van der Waals surface area contributed by atoms with Crippen molar-refractivity contribution in [3.05, 3.63) is 18.2 Å². The van der Waals surface area contributed by atoms with Crippen LogP contribution in [-0.2, 0) is 10.0 Å². The van der Waals surface area contributed by atoms with Gasteiger partial charge in [-0.1, -0.05) is 13.3 Å². The molecule has 21 heavy (non-hydrogen) atoms. The van der Waals surface area contributed by atoms with E-state index in [0.29, 0.717) is 10.6 Å². The summed E-state index contributed by atoms with van der Waals surface area (Å²) in [6, 6.07) is 4.97. The highest BCUT2D eigenvalue weighted by atomic mass is 32.2. The second-order valence-electron chi connectivity index (χ2n) is 5.85. The molecule has 2 N–H and O–H groups in total. The molecule has 0 unspecified atom stereocenters. The van der Waals surface area contributed by atoms with Crippen molar-refractivity contribution in [1.29, 1.82) is 0 Å². The molecule has 0 atom stereocenters. The van der Waals surface area contributed by atoms with Crippen molar-refractivity contribution >= 4 is 21.4 Å². The Balaban J connectivity index is 2.29. The molecule has 0 amide bonds. The van der Waals surface area contributed by atoms with Crippen LogP contribution in [-0.4, -0.2) is 39.9 Å². The van der Waals surface area contributed by atoms with Gasteiger partial charge in [0.25, 0.3) is 0 Å². The molecule has 6 heteroatoms. The van der Waals surface area contributed by atoms with Crippen LogP contribution in [0.1, 0.15) is 26.2 Å². The predicted molar refractivity (Wildman–Crippen MR) is 87.0 cm³/mol. The van der Waals surface area contributed by atoms with Crippen LogP contribution in [0.25, 0.3) is 0 Å². The van der Waals surface area contributed by atoms with E-state index in [1.54, 1.807) is 18.2 Å². The van der Waals surface area contributed by atoms with Crippen molar-refractivity contribution < 1.29 is 8.42 Å². The fraction of sp³-hybridized carbons (Fsp3) is 0.600. The minimum atomic E-state index is -3.42. The van der Waals surface area contributed by atoms with Crippen molar-refractivity contribution in [1.82, 2.24) is 4.31 Å². The molecule has 1 aromatic carbocycles. The maximum atomic E-state index is 12.2. The minimum Gasteiger partial charge on any atom is -0.397 e. The Bertz CT molecular complexity index is 591. The lowest BCUT2D eigenvalue weighted by molar-refractivity contribution is 0.395. The highest BCUT2D eigenvalue weighted by Gasteiger charge is 2.23. The average Bonchev–Trinajstić information content (AvgIpc) is 2.47. The molecule has 0 radical (unpaired) electrons. The first-order chi connectivity index (χ1) is 9.86. The quantitative estimate of drug-likeness (QED) is 0.865. The lowest BCUT2D eigenvalue weighted by atomic mass is 9.94. The van der Waals surface area contributed by atoms with Crippen LogP contribution in [0.3, 0.4) is 0 Å². The van der Waals surface area contributed by atoms with E-state index in [1.807, 2.05) is 0 Å². The summed E-state index contributed by atoms with van der Waals surface area (Å²) in [6.07, 6.45) is 3.49. The number of nitrogen functional groups attached to an aromatic ring is 1. The van der Waals surface area contributed by atoms with Crippen molar-refractivity contribution in [2.45, 2.75) is 31.1 Å². The standard InChI is InChI=1S/C15H25N3O2S/c1-4-12-7-9-18(10-8-12)15-11-13(5-6-14(15)16)21(19,20)17(2)3/h5-6,11-12H,4,7-10,16H2,1-3H3. The molecule has 1 aliphatic heterocycles. The summed E-state index contributed by atoms with van der Waals surface area (Å²) in [5.41, 5.74) is 7.54. The summed E-state index contributed by atoms with van der Waals surface area (Å²) >= 11 is 0. The van der Waals surface area contributed by atoms with E-state index in [2.05, 4.69) is 11.8 Å². The van der Waals surface area contributed by atoms with Gasteiger partial charge >= 0.3 is 0 Å². The SMILES string of the molecule is CCC1CCN(c2cc(S(=O)(=O)N(C)C)ccc2N)CC1. The molecule has 0 spiro atoms. The lowest BCUT2D eigenvalue weighted by Gasteiger charge is -2.34. The number of hydrogen-bond acceptors (Lipinski definition) is 4. The molecule has 1 aliphatic rings. The van der Waals surface area contributed by atoms with Crippen LogP contribution in [0.2, 0.25) is 0 Å². The van der Waals surface area contributed by atoms with Crippen LogP contribution in [0.5, 0.6) is 0 Å². The van der Waals surface area contributed by atoms with Gasteiger partial charge in [-0.2, -0.15) is 0 Å². The van der Waals surface area contributed by atoms with Gasteiger partial charge in [-0.25, -0.2) is 12.7 Å². The second kappa shape index (κ2) is 6.23. The number of nitrogens with zero attached hydrogens (tertiary/aromatic N) is 2. The highest BCUT2D eigenvalue weighted by Crippen LogP contribution is 2.31. The van der Waals surface area contributed by atoms with E-state index < -0.39 is 10.0 Å². The predicted octanol–water partition coefficient (Wildman–Crippen LogP) is 2.15. The molecule has 118 valence electrons. The molecule has 5 nitrogen and oxygen atoms in total. The third-order valence-electron chi connectivity index (χ3n) is 4.31. The van der Waals surface area contributed by atoms with Crippen molar-refractivity contribution in [3.8, 4) is 0 Å². The number of rotatable bonds is 4. The first kappa shape index (κ1) is 16.1. The summed E-state index contributed by atoms with van der Waals surface area (Å²) in [5, 5.41) is 0. The Hall–Kier alpha value is -1.27. The summed E-state index contributed by atoms with van der Waals surface area (Å²) in [7, 11) is -0.340. The van der Waals surface area contributed by atoms with Crippen LogP contribution < -0.4 is 10.6 Å². The topological polar surface area (TPSA) is 66.6 Å². The normalized spacial score (nSPS) is 17.4. The maximum Gasteiger partial charge on any atom is 0.242 e. The molecule has 0 saturated carbocycles. The third kappa shape index (κ3) is 3.32. The number of sulfonamides is 1. The molecule has 0 aliphatic carbocycles. The monoisotopic (exact) mass is 311 g/mol. The van der Waals surface area contributed by atoms with Gasteiger partial charge in [-0.05, 0) is 37.0 Å². The summed E-state index contributed by atoms with van der Waals surface area (Å²) in [5.74, 6) is 0.774. The Morgan fingerprint density at radius 1 is 1.29 bits per heavy atom. The van der Waals surface area contributed by atoms with E-state index in [9.17, 15) is 8.42 Å². The van der Waals surface area contributed by atoms with Gasteiger partial charge in [0.05, 0.1) is 16.3 Å². The molecule has 0 aromatic heterocycles. The van der Waals surface area contributed by atoms with Crippen molar-refractivity contribution in [2.75, 3.05) is 37.8 Å². The molecule has 1 fully saturated rings. The number of benzene rings is 1. The fourth-order valence-electron chi connectivity index (χ4n) is 2.75. The van der Waals surface area contributed by atoms with Gasteiger partial charge in [-0.3, -0.25) is 0 Å². The number of hydrogen-bond donors (Lipinski definition) is 1. The van der Waals surface area contributed by atoms with Crippen LogP contribution >= 0.6 is 0 Å². The molecule has 1 aromatic rings. The van der Waals surface area contributed by atoms with Gasteiger partial charge in [0, 0.05) is 27.2 Å². The zero-order valence-corrected chi connectivity index (χ0v) is 13.9. The maximum absolute atomic E-state index is 12.2. The summed E-state index contributed by atoms with van der Waals surface area (Å²) in [6.45, 7) is 4.10. The van der Waals surface area contributed by atoms with Gasteiger partial charge in [-0.15, -0.1) is 0 Å².